The first-order valence-electron chi connectivity index (χ1n) is 12.1. The van der Waals surface area contributed by atoms with Crippen LogP contribution in [0.2, 0.25) is 0 Å². The van der Waals surface area contributed by atoms with E-state index < -0.39 is 0 Å². The number of Topliss-reactive ketones (excluding diaryl/α,β-unsaturated/α-hetero) is 1. The van der Waals surface area contributed by atoms with E-state index in [2.05, 4.69) is 4.90 Å². The fourth-order valence-corrected chi connectivity index (χ4v) is 4.32. The summed E-state index contributed by atoms with van der Waals surface area (Å²) in [5, 5.41) is 0. The minimum atomic E-state index is -0.291. The number of carbonyl (C=O) groups is 1. The van der Waals surface area contributed by atoms with Gasteiger partial charge in [0.25, 0.3) is 0 Å². The Morgan fingerprint density at radius 1 is 0.914 bits per heavy atom. The number of likely N-dealkylation sites (tertiary alicyclic amines) is 1. The highest BCUT2D eigenvalue weighted by Gasteiger charge is 2.27. The Labute approximate surface area is 204 Å². The summed E-state index contributed by atoms with van der Waals surface area (Å²) in [4.78, 5) is 15.2. The molecule has 0 aromatic heterocycles. The van der Waals surface area contributed by atoms with Gasteiger partial charge in [0, 0.05) is 18.2 Å². The van der Waals surface area contributed by atoms with Crippen molar-refractivity contribution in [3.8, 4) is 17.2 Å². The Morgan fingerprint density at radius 3 is 2.49 bits per heavy atom. The fourth-order valence-electron chi connectivity index (χ4n) is 4.32. The molecule has 0 radical (unpaired) electrons. The molecule has 3 aromatic carbocycles. The fraction of sp³-hybridized carbons (Fsp3) is 0.276. The largest absolute Gasteiger partial charge is 0.492 e. The maximum absolute atomic E-state index is 13.8. The molecule has 0 bridgehead atoms. The van der Waals surface area contributed by atoms with E-state index in [0.29, 0.717) is 35.0 Å². The van der Waals surface area contributed by atoms with Gasteiger partial charge in [0.15, 0.2) is 5.76 Å². The van der Waals surface area contributed by atoms with E-state index >= 15 is 0 Å². The van der Waals surface area contributed by atoms with Crippen LogP contribution in [0.15, 0.2) is 72.5 Å². The third kappa shape index (κ3) is 5.72. The standard InChI is InChI=1S/C29H28FNO4/c30-26-7-3-2-6-22(26)20-34-23-10-8-21(9-11-23)18-28-29(32)25-13-12-24(19-27(25)35-28)33-17-16-31-14-4-1-5-15-31/h2-3,6-13,18-19H,1,4-5,14-17,20H2/b28-18-. The average Bonchev–Trinajstić information content (AvgIpc) is 3.19. The van der Waals surface area contributed by atoms with Crippen LogP contribution in [0.4, 0.5) is 4.39 Å². The minimum Gasteiger partial charge on any atom is -0.492 e. The van der Waals surface area contributed by atoms with Crippen LogP contribution in [0.25, 0.3) is 6.08 Å². The van der Waals surface area contributed by atoms with E-state index in [9.17, 15) is 9.18 Å². The molecule has 5 rings (SSSR count). The molecular formula is C29H28FNO4. The number of nitrogens with zero attached hydrogens (tertiary/aromatic N) is 1. The molecule has 0 N–H and O–H groups in total. The summed E-state index contributed by atoms with van der Waals surface area (Å²) in [6.07, 6.45) is 5.54. The van der Waals surface area contributed by atoms with Crippen LogP contribution in [-0.4, -0.2) is 36.9 Å². The Balaban J connectivity index is 1.18. The zero-order valence-corrected chi connectivity index (χ0v) is 19.5. The summed E-state index contributed by atoms with van der Waals surface area (Å²) in [5.74, 6) is 1.66. The molecular weight excluding hydrogens is 445 g/mol. The molecule has 0 aliphatic carbocycles. The lowest BCUT2D eigenvalue weighted by molar-refractivity contribution is 0.101. The summed E-state index contributed by atoms with van der Waals surface area (Å²) in [6.45, 7) is 3.94. The number of halogens is 1. The van der Waals surface area contributed by atoms with Crippen molar-refractivity contribution in [2.45, 2.75) is 25.9 Å². The van der Waals surface area contributed by atoms with Gasteiger partial charge in [0.1, 0.15) is 36.3 Å². The first-order valence-corrected chi connectivity index (χ1v) is 12.1. The number of benzene rings is 3. The molecule has 2 heterocycles. The van der Waals surface area contributed by atoms with Gasteiger partial charge < -0.3 is 14.2 Å². The molecule has 0 spiro atoms. The second kappa shape index (κ2) is 10.7. The van der Waals surface area contributed by atoms with E-state index in [4.69, 9.17) is 14.2 Å². The van der Waals surface area contributed by atoms with Crippen molar-refractivity contribution >= 4 is 11.9 Å². The third-order valence-electron chi connectivity index (χ3n) is 6.30. The van der Waals surface area contributed by atoms with Gasteiger partial charge in [-0.1, -0.05) is 36.8 Å². The number of piperidine rings is 1. The maximum Gasteiger partial charge on any atom is 0.231 e. The number of hydrogen-bond acceptors (Lipinski definition) is 5. The number of fused-ring (bicyclic) bond motifs is 1. The summed E-state index contributed by atoms with van der Waals surface area (Å²) < 4.78 is 31.2. The zero-order chi connectivity index (χ0) is 24.0. The predicted octanol–water partition coefficient (Wildman–Crippen LogP) is 5.89. The minimum absolute atomic E-state index is 0.145. The van der Waals surface area contributed by atoms with Crippen LogP contribution < -0.4 is 14.2 Å². The van der Waals surface area contributed by atoms with Crippen molar-refractivity contribution in [3.63, 3.8) is 0 Å². The Morgan fingerprint density at radius 2 is 1.69 bits per heavy atom. The zero-order valence-electron chi connectivity index (χ0n) is 19.5. The van der Waals surface area contributed by atoms with Crippen molar-refractivity contribution in [2.24, 2.45) is 0 Å². The Bertz CT molecular complexity index is 1220. The number of ether oxygens (including phenoxy) is 3. The summed E-state index contributed by atoms with van der Waals surface area (Å²) in [6, 6.07) is 19.1. The number of ketones is 1. The lowest BCUT2D eigenvalue weighted by atomic mass is 10.1. The maximum atomic E-state index is 13.8. The van der Waals surface area contributed by atoms with Gasteiger partial charge in [0.05, 0.1) is 5.56 Å². The summed E-state index contributed by atoms with van der Waals surface area (Å²) in [7, 11) is 0. The highest BCUT2D eigenvalue weighted by molar-refractivity contribution is 6.14. The van der Waals surface area contributed by atoms with Crippen molar-refractivity contribution in [2.75, 3.05) is 26.2 Å². The number of allylic oxidation sites excluding steroid dienone is 1. The SMILES string of the molecule is O=C1/C(=C/c2ccc(OCc3ccccc3F)cc2)Oc2cc(OCCN3CCCCC3)ccc21. The van der Waals surface area contributed by atoms with E-state index in [0.717, 1.165) is 25.2 Å². The van der Waals surface area contributed by atoms with Gasteiger partial charge in [-0.25, -0.2) is 4.39 Å². The second-order valence-electron chi connectivity index (χ2n) is 8.80. The van der Waals surface area contributed by atoms with E-state index in [1.165, 1.54) is 25.3 Å². The molecule has 6 heteroatoms. The molecule has 0 atom stereocenters. The monoisotopic (exact) mass is 473 g/mol. The molecule has 3 aromatic rings. The molecule has 0 saturated carbocycles. The summed E-state index contributed by atoms with van der Waals surface area (Å²) >= 11 is 0. The van der Waals surface area contributed by atoms with Gasteiger partial charge in [-0.2, -0.15) is 0 Å². The topological polar surface area (TPSA) is 48.0 Å². The molecule has 1 saturated heterocycles. The molecule has 5 nitrogen and oxygen atoms in total. The molecule has 35 heavy (non-hydrogen) atoms. The van der Waals surface area contributed by atoms with Gasteiger partial charge in [0.2, 0.25) is 5.78 Å². The van der Waals surface area contributed by atoms with E-state index in [1.807, 2.05) is 18.2 Å². The third-order valence-corrected chi connectivity index (χ3v) is 6.30. The van der Waals surface area contributed by atoms with Crippen LogP contribution in [0, 0.1) is 5.82 Å². The van der Waals surface area contributed by atoms with Gasteiger partial charge in [-0.3, -0.25) is 9.69 Å². The van der Waals surface area contributed by atoms with Crippen LogP contribution in [0.3, 0.4) is 0 Å². The highest BCUT2D eigenvalue weighted by atomic mass is 19.1. The van der Waals surface area contributed by atoms with Gasteiger partial charge in [-0.15, -0.1) is 0 Å². The van der Waals surface area contributed by atoms with Crippen LogP contribution in [-0.2, 0) is 6.61 Å². The van der Waals surface area contributed by atoms with Crippen molar-refractivity contribution in [1.29, 1.82) is 0 Å². The molecule has 2 aliphatic heterocycles. The van der Waals surface area contributed by atoms with E-state index in [-0.39, 0.29) is 24.0 Å². The molecule has 0 unspecified atom stereocenters. The smallest absolute Gasteiger partial charge is 0.231 e. The molecule has 0 amide bonds. The Kier molecular flexibility index (Phi) is 7.09. The Hall–Kier alpha value is -3.64. The summed E-state index contributed by atoms with van der Waals surface area (Å²) in [5.41, 5.74) is 1.83. The number of hydrogen-bond donors (Lipinski definition) is 0. The van der Waals surface area contributed by atoms with Crippen molar-refractivity contribution in [1.82, 2.24) is 4.90 Å². The number of rotatable bonds is 8. The first kappa shape index (κ1) is 23.1. The van der Waals surface area contributed by atoms with Gasteiger partial charge in [-0.05, 0) is 67.9 Å². The van der Waals surface area contributed by atoms with Gasteiger partial charge >= 0.3 is 0 Å². The van der Waals surface area contributed by atoms with Crippen LogP contribution in [0.1, 0.15) is 40.7 Å². The normalized spacial score (nSPS) is 16.7. The number of carbonyl (C=O) groups excluding carboxylic acids is 1. The lowest BCUT2D eigenvalue weighted by Crippen LogP contribution is -2.33. The highest BCUT2D eigenvalue weighted by Crippen LogP contribution is 2.35. The second-order valence-corrected chi connectivity index (χ2v) is 8.80. The molecule has 1 fully saturated rings. The van der Waals surface area contributed by atoms with Crippen LogP contribution in [0.5, 0.6) is 17.2 Å². The average molecular weight is 474 g/mol. The quantitative estimate of drug-likeness (QED) is 0.382. The first-order chi connectivity index (χ1) is 17.2. The molecule has 2 aliphatic rings. The van der Waals surface area contributed by atoms with E-state index in [1.54, 1.807) is 48.5 Å². The van der Waals surface area contributed by atoms with Crippen LogP contribution >= 0.6 is 0 Å². The van der Waals surface area contributed by atoms with Crippen molar-refractivity contribution in [3.05, 3.63) is 95.0 Å². The van der Waals surface area contributed by atoms with Crippen molar-refractivity contribution < 1.29 is 23.4 Å². The molecule has 180 valence electrons. The predicted molar refractivity (Wildman–Crippen MR) is 132 cm³/mol. The lowest BCUT2D eigenvalue weighted by Gasteiger charge is -2.26.